The van der Waals surface area contributed by atoms with E-state index < -0.39 is 59.3 Å². The van der Waals surface area contributed by atoms with Crippen LogP contribution in [0.5, 0.6) is 0 Å². The van der Waals surface area contributed by atoms with Crippen molar-refractivity contribution < 1.29 is 38.9 Å². The van der Waals surface area contributed by atoms with Gasteiger partial charge in [0.05, 0.1) is 56.9 Å². The summed E-state index contributed by atoms with van der Waals surface area (Å²) in [7, 11) is 0. The molecule has 14 nitrogen and oxygen atoms in total. The van der Waals surface area contributed by atoms with Crippen molar-refractivity contribution in [3.05, 3.63) is 124 Å². The van der Waals surface area contributed by atoms with Gasteiger partial charge in [0.25, 0.3) is 22.2 Å². The lowest BCUT2D eigenvalue weighted by Crippen LogP contribution is -2.29. The van der Waals surface area contributed by atoms with Gasteiger partial charge in [-0.3, -0.25) is 28.3 Å². The lowest BCUT2D eigenvalue weighted by atomic mass is 10.1. The Morgan fingerprint density at radius 2 is 0.818 bits per heavy atom. The average Bonchev–Trinajstić information content (AvgIpc) is 3.39. The minimum atomic E-state index is -1.34. The summed E-state index contributed by atoms with van der Waals surface area (Å²) >= 11 is 0. The van der Waals surface area contributed by atoms with Crippen molar-refractivity contribution in [1.82, 2.24) is 9.13 Å². The highest BCUT2D eigenvalue weighted by Crippen LogP contribution is 2.15. The van der Waals surface area contributed by atoms with Crippen LogP contribution in [0.3, 0.4) is 0 Å². The SMILES string of the molecule is O=C(O)c1ccccc1C(=O)OCCn1c(=O)c2cc3c(=O)n(CCOC(=O)c4ccccc4C(=O)O)c(=O)c3cc2c1=O. The van der Waals surface area contributed by atoms with Crippen molar-refractivity contribution in [2.45, 2.75) is 13.1 Å². The van der Waals surface area contributed by atoms with Gasteiger partial charge in [-0.2, -0.15) is 0 Å². The molecule has 0 fully saturated rings. The van der Waals surface area contributed by atoms with E-state index in [-0.39, 0.29) is 56.9 Å². The van der Waals surface area contributed by atoms with Crippen LogP contribution in [0.25, 0.3) is 21.5 Å². The van der Waals surface area contributed by atoms with Gasteiger partial charge in [0.15, 0.2) is 0 Å². The smallest absolute Gasteiger partial charge is 0.339 e. The first-order valence-corrected chi connectivity index (χ1v) is 12.9. The number of carboxylic acid groups (broad SMARTS) is 2. The molecule has 0 atom stereocenters. The second kappa shape index (κ2) is 11.6. The molecular weight excluding hydrogens is 580 g/mol. The topological polar surface area (TPSA) is 205 Å². The van der Waals surface area contributed by atoms with Crippen molar-refractivity contribution in [3.8, 4) is 0 Å². The van der Waals surface area contributed by atoms with Crippen molar-refractivity contribution >= 4 is 45.4 Å². The summed E-state index contributed by atoms with van der Waals surface area (Å²) < 4.78 is 11.7. The van der Waals surface area contributed by atoms with Gasteiger partial charge >= 0.3 is 23.9 Å². The molecule has 0 saturated heterocycles. The standard InChI is InChI=1S/C30H20N2O12/c33-23-19-13-21-22(26(36)32(25(21)35)10-12-44-30(42)18-8-4-2-6-16(18)28(39)40)14-20(19)24(34)31(23)9-11-43-29(41)17-7-3-1-5-15(17)27(37)38/h1-8,13-14H,9-12H2,(H,37,38)(H,39,40). The number of benzene rings is 3. The maximum atomic E-state index is 13.0. The summed E-state index contributed by atoms with van der Waals surface area (Å²) in [5, 5.41) is 17.9. The van der Waals surface area contributed by atoms with E-state index in [0.717, 1.165) is 21.3 Å². The van der Waals surface area contributed by atoms with E-state index >= 15 is 0 Å². The van der Waals surface area contributed by atoms with Gasteiger partial charge in [-0.1, -0.05) is 24.3 Å². The second-order valence-electron chi connectivity index (χ2n) is 9.44. The first-order valence-electron chi connectivity index (χ1n) is 12.9. The maximum Gasteiger partial charge on any atom is 0.339 e. The lowest BCUT2D eigenvalue weighted by molar-refractivity contribution is 0.0474. The molecule has 222 valence electrons. The van der Waals surface area contributed by atoms with Gasteiger partial charge in [0, 0.05) is 0 Å². The van der Waals surface area contributed by atoms with Crippen LogP contribution in [0.4, 0.5) is 0 Å². The molecule has 0 aliphatic carbocycles. The van der Waals surface area contributed by atoms with Gasteiger partial charge in [-0.15, -0.1) is 0 Å². The van der Waals surface area contributed by atoms with Crippen molar-refractivity contribution in [3.63, 3.8) is 0 Å². The number of fused-ring (bicyclic) bond motifs is 2. The van der Waals surface area contributed by atoms with Crippen LogP contribution >= 0.6 is 0 Å². The lowest BCUT2D eigenvalue weighted by Gasteiger charge is -2.07. The van der Waals surface area contributed by atoms with Crippen LogP contribution in [-0.4, -0.2) is 56.4 Å². The third-order valence-corrected chi connectivity index (χ3v) is 6.91. The van der Waals surface area contributed by atoms with Gasteiger partial charge in [0.2, 0.25) is 0 Å². The largest absolute Gasteiger partial charge is 0.478 e. The molecule has 0 saturated carbocycles. The molecule has 0 radical (unpaired) electrons. The third-order valence-electron chi connectivity index (χ3n) is 6.91. The van der Waals surface area contributed by atoms with E-state index in [4.69, 9.17) is 9.47 Å². The fourth-order valence-electron chi connectivity index (χ4n) is 4.79. The van der Waals surface area contributed by atoms with E-state index in [1.807, 2.05) is 0 Å². The highest BCUT2D eigenvalue weighted by atomic mass is 16.5. The Kier molecular flexibility index (Phi) is 7.73. The Hall–Kier alpha value is -6.18. The number of carbonyl (C=O) groups excluding carboxylic acids is 2. The number of carbonyl (C=O) groups is 4. The molecule has 0 aliphatic rings. The minimum Gasteiger partial charge on any atom is -0.478 e. The number of hydrogen-bond donors (Lipinski definition) is 2. The summed E-state index contributed by atoms with van der Waals surface area (Å²) in [5.41, 5.74) is -4.14. The summed E-state index contributed by atoms with van der Waals surface area (Å²) in [6.45, 7) is -1.64. The van der Waals surface area contributed by atoms with Crippen LogP contribution < -0.4 is 22.2 Å². The Morgan fingerprint density at radius 3 is 1.11 bits per heavy atom. The molecule has 2 N–H and O–H groups in total. The summed E-state index contributed by atoms with van der Waals surface area (Å²) in [5.74, 6) is -4.61. The highest BCUT2D eigenvalue weighted by molar-refractivity contribution is 6.03. The molecule has 0 aliphatic heterocycles. The molecule has 5 rings (SSSR count). The first-order chi connectivity index (χ1) is 21.0. The highest BCUT2D eigenvalue weighted by Gasteiger charge is 2.22. The Bertz CT molecular complexity index is 1980. The van der Waals surface area contributed by atoms with Crippen molar-refractivity contribution in [2.24, 2.45) is 0 Å². The van der Waals surface area contributed by atoms with Crippen molar-refractivity contribution in [2.75, 3.05) is 13.2 Å². The van der Waals surface area contributed by atoms with Gasteiger partial charge in [0.1, 0.15) is 13.2 Å². The number of nitrogens with zero attached hydrogens (tertiary/aromatic N) is 2. The molecule has 3 aromatic carbocycles. The van der Waals surface area contributed by atoms with E-state index in [1.165, 1.54) is 48.5 Å². The second-order valence-corrected chi connectivity index (χ2v) is 9.44. The Morgan fingerprint density at radius 1 is 0.523 bits per heavy atom. The predicted octanol–water partition coefficient (Wildman–Crippen LogP) is 1.02. The van der Waals surface area contributed by atoms with E-state index in [0.29, 0.717) is 0 Å². The maximum absolute atomic E-state index is 13.0. The van der Waals surface area contributed by atoms with Gasteiger partial charge < -0.3 is 19.7 Å². The van der Waals surface area contributed by atoms with Crippen LogP contribution in [0, 0.1) is 0 Å². The zero-order valence-corrected chi connectivity index (χ0v) is 22.5. The molecule has 5 aromatic rings. The molecule has 0 amide bonds. The van der Waals surface area contributed by atoms with Crippen molar-refractivity contribution in [1.29, 1.82) is 0 Å². The monoisotopic (exact) mass is 600 g/mol. The van der Waals surface area contributed by atoms with Crippen LogP contribution in [0.1, 0.15) is 41.4 Å². The molecule has 14 heteroatoms. The van der Waals surface area contributed by atoms with E-state index in [2.05, 4.69) is 0 Å². The summed E-state index contributed by atoms with van der Waals surface area (Å²) in [6, 6.07) is 13.0. The normalized spacial score (nSPS) is 11.1. The molecule has 0 bridgehead atoms. The minimum absolute atomic E-state index is 0.143. The summed E-state index contributed by atoms with van der Waals surface area (Å²) in [4.78, 5) is 99.5. The number of aromatic nitrogens is 2. The Balaban J connectivity index is 1.34. The zero-order chi connectivity index (χ0) is 31.7. The van der Waals surface area contributed by atoms with Gasteiger partial charge in [-0.05, 0) is 36.4 Å². The third kappa shape index (κ3) is 5.15. The molecule has 2 heterocycles. The van der Waals surface area contributed by atoms with Gasteiger partial charge in [-0.25, -0.2) is 19.2 Å². The fraction of sp³-hybridized carbons (Fsp3) is 0.133. The number of ether oxygens (including phenoxy) is 2. The van der Waals surface area contributed by atoms with Crippen LogP contribution in [-0.2, 0) is 22.6 Å². The van der Waals surface area contributed by atoms with E-state index in [9.17, 15) is 48.6 Å². The van der Waals surface area contributed by atoms with Crippen LogP contribution in [0.15, 0.2) is 79.8 Å². The number of carboxylic acids is 2. The molecule has 2 aromatic heterocycles. The number of aromatic carboxylic acids is 2. The molecular formula is C30H20N2O12. The quantitative estimate of drug-likeness (QED) is 0.216. The number of hydrogen-bond acceptors (Lipinski definition) is 10. The fourth-order valence-corrected chi connectivity index (χ4v) is 4.79. The predicted molar refractivity (Wildman–Crippen MR) is 152 cm³/mol. The summed E-state index contributed by atoms with van der Waals surface area (Å²) in [6.07, 6.45) is 0. The number of rotatable bonds is 10. The number of esters is 2. The molecule has 0 spiro atoms. The zero-order valence-electron chi connectivity index (χ0n) is 22.5. The van der Waals surface area contributed by atoms with E-state index in [1.54, 1.807) is 0 Å². The van der Waals surface area contributed by atoms with Crippen LogP contribution in [0.2, 0.25) is 0 Å². The molecule has 44 heavy (non-hydrogen) atoms. The molecule has 0 unspecified atom stereocenters. The Labute approximate surface area is 244 Å². The first kappa shape index (κ1) is 29.3. The average molecular weight is 600 g/mol.